The molecular formula is C47H27N3OS. The molecule has 52 heavy (non-hydrogen) atoms. The van der Waals surface area contributed by atoms with Gasteiger partial charge in [-0.1, -0.05) is 127 Å². The van der Waals surface area contributed by atoms with Gasteiger partial charge in [0, 0.05) is 69.4 Å². The third-order valence-electron chi connectivity index (χ3n) is 10.1. The van der Waals surface area contributed by atoms with Crippen molar-refractivity contribution in [1.82, 2.24) is 15.0 Å². The van der Waals surface area contributed by atoms with Gasteiger partial charge in [-0.05, 0) is 36.4 Å². The number of hydrogen-bond acceptors (Lipinski definition) is 5. The molecule has 0 amide bonds. The first-order chi connectivity index (χ1) is 25.8. The Hall–Kier alpha value is -6.69. The zero-order chi connectivity index (χ0) is 34.2. The van der Waals surface area contributed by atoms with E-state index in [4.69, 9.17) is 19.4 Å². The Morgan fingerprint density at radius 2 is 1.02 bits per heavy atom. The number of para-hydroxylation sites is 2. The van der Waals surface area contributed by atoms with E-state index in [1.54, 1.807) is 0 Å². The maximum absolute atomic E-state index is 7.07. The second kappa shape index (κ2) is 11.4. The van der Waals surface area contributed by atoms with Crippen molar-refractivity contribution < 1.29 is 4.42 Å². The molecule has 11 rings (SSSR count). The third kappa shape index (κ3) is 4.43. The highest BCUT2D eigenvalue weighted by Crippen LogP contribution is 2.44. The minimum atomic E-state index is 0.674. The van der Waals surface area contributed by atoms with Gasteiger partial charge in [0.1, 0.15) is 11.2 Å². The van der Waals surface area contributed by atoms with Crippen molar-refractivity contribution in [2.45, 2.75) is 0 Å². The van der Waals surface area contributed by atoms with E-state index in [1.807, 2.05) is 41.7 Å². The van der Waals surface area contributed by atoms with Crippen LogP contribution in [0.1, 0.15) is 0 Å². The number of pyridine rings is 1. The average molecular weight is 682 g/mol. The first-order valence-corrected chi connectivity index (χ1v) is 18.2. The first kappa shape index (κ1) is 29.1. The van der Waals surface area contributed by atoms with Crippen LogP contribution in [0.2, 0.25) is 0 Å². The van der Waals surface area contributed by atoms with E-state index in [0.717, 1.165) is 82.9 Å². The monoisotopic (exact) mass is 681 g/mol. The molecule has 11 aromatic rings. The molecule has 4 nitrogen and oxygen atoms in total. The quantitative estimate of drug-likeness (QED) is 0.174. The van der Waals surface area contributed by atoms with Crippen LogP contribution in [0.15, 0.2) is 168 Å². The van der Waals surface area contributed by atoms with Gasteiger partial charge in [0.2, 0.25) is 0 Å². The fourth-order valence-electron chi connectivity index (χ4n) is 7.74. The Balaban J connectivity index is 1.20. The molecule has 0 fully saturated rings. The van der Waals surface area contributed by atoms with E-state index in [-0.39, 0.29) is 0 Å². The number of furan rings is 1. The van der Waals surface area contributed by atoms with Crippen LogP contribution in [0.3, 0.4) is 0 Å². The molecule has 242 valence electrons. The van der Waals surface area contributed by atoms with Crippen molar-refractivity contribution in [3.05, 3.63) is 164 Å². The standard InChI is InChI=1S/C47H27N3OS/c1-3-13-28(14-4-1)44-36-26-25-31-30-19-11-21-34(45(30)51-46(31)43(36)32-17-7-9-22-37(32)48-44)39-27-38(49-47(50-39)29-15-5-2-6-16-29)33-20-12-24-41-42(33)35-18-8-10-23-40(35)52-41/h1-27H. The third-order valence-corrected chi connectivity index (χ3v) is 11.2. The van der Waals surface area contributed by atoms with Gasteiger partial charge < -0.3 is 4.42 Å². The minimum Gasteiger partial charge on any atom is -0.455 e. The number of rotatable bonds is 4. The van der Waals surface area contributed by atoms with Gasteiger partial charge in [-0.15, -0.1) is 11.3 Å². The lowest BCUT2D eigenvalue weighted by Gasteiger charge is -2.11. The molecular weight excluding hydrogens is 655 g/mol. The highest BCUT2D eigenvalue weighted by Gasteiger charge is 2.21. The van der Waals surface area contributed by atoms with Crippen LogP contribution >= 0.6 is 11.3 Å². The van der Waals surface area contributed by atoms with Crippen LogP contribution in [-0.4, -0.2) is 15.0 Å². The lowest BCUT2D eigenvalue weighted by Crippen LogP contribution is -1.96. The van der Waals surface area contributed by atoms with Crippen molar-refractivity contribution >= 4 is 75.1 Å². The summed E-state index contributed by atoms with van der Waals surface area (Å²) >= 11 is 1.81. The lowest BCUT2D eigenvalue weighted by molar-refractivity contribution is 0.674. The number of benzene rings is 7. The molecule has 0 N–H and O–H groups in total. The molecule has 0 spiro atoms. The van der Waals surface area contributed by atoms with Crippen molar-refractivity contribution in [3.8, 4) is 45.2 Å². The van der Waals surface area contributed by atoms with Gasteiger partial charge in [0.25, 0.3) is 0 Å². The molecule has 4 aromatic heterocycles. The van der Waals surface area contributed by atoms with Crippen LogP contribution in [0.25, 0.3) is 109 Å². The summed E-state index contributed by atoms with van der Waals surface area (Å²) in [7, 11) is 0. The fraction of sp³-hybridized carbons (Fsp3) is 0. The van der Waals surface area contributed by atoms with E-state index in [1.165, 1.54) is 20.2 Å². The summed E-state index contributed by atoms with van der Waals surface area (Å²) in [4.78, 5) is 15.6. The van der Waals surface area contributed by atoms with Crippen molar-refractivity contribution in [2.75, 3.05) is 0 Å². The molecule has 0 saturated heterocycles. The normalized spacial score (nSPS) is 11.8. The van der Waals surface area contributed by atoms with E-state index < -0.39 is 0 Å². The Morgan fingerprint density at radius 3 is 1.87 bits per heavy atom. The van der Waals surface area contributed by atoms with Crippen LogP contribution in [-0.2, 0) is 0 Å². The lowest BCUT2D eigenvalue weighted by atomic mass is 9.97. The molecule has 0 aliphatic rings. The maximum Gasteiger partial charge on any atom is 0.160 e. The average Bonchev–Trinajstić information content (AvgIpc) is 3.80. The molecule has 7 aromatic carbocycles. The highest BCUT2D eigenvalue weighted by molar-refractivity contribution is 7.25. The highest BCUT2D eigenvalue weighted by atomic mass is 32.1. The number of aromatic nitrogens is 3. The Morgan fingerprint density at radius 1 is 0.404 bits per heavy atom. The van der Waals surface area contributed by atoms with Crippen molar-refractivity contribution in [1.29, 1.82) is 0 Å². The summed E-state index contributed by atoms with van der Waals surface area (Å²) in [5.74, 6) is 0.674. The zero-order valence-corrected chi connectivity index (χ0v) is 28.6. The SMILES string of the molecule is c1ccc(-c2nc(-c3cccc4c3oc3c4ccc4c(-c5ccccc5)nc5ccccc5c43)cc(-c3cccc4sc5ccccc5c34)n2)cc1. The number of hydrogen-bond donors (Lipinski definition) is 0. The Labute approximate surface area is 302 Å². The van der Waals surface area contributed by atoms with Crippen molar-refractivity contribution in [2.24, 2.45) is 0 Å². The van der Waals surface area contributed by atoms with Crippen LogP contribution in [0.5, 0.6) is 0 Å². The maximum atomic E-state index is 7.07. The van der Waals surface area contributed by atoms with Gasteiger partial charge in [0.15, 0.2) is 5.82 Å². The molecule has 0 radical (unpaired) electrons. The molecule has 0 atom stereocenters. The first-order valence-electron chi connectivity index (χ1n) is 17.4. The Bertz CT molecular complexity index is 3180. The summed E-state index contributed by atoms with van der Waals surface area (Å²) < 4.78 is 9.57. The largest absolute Gasteiger partial charge is 0.455 e. The molecule has 0 aliphatic heterocycles. The fourth-order valence-corrected chi connectivity index (χ4v) is 8.87. The molecule has 0 saturated carbocycles. The van der Waals surface area contributed by atoms with E-state index in [9.17, 15) is 0 Å². The smallest absolute Gasteiger partial charge is 0.160 e. The number of nitrogens with zero attached hydrogens (tertiary/aromatic N) is 3. The van der Waals surface area contributed by atoms with Crippen LogP contribution in [0.4, 0.5) is 0 Å². The predicted molar refractivity (Wildman–Crippen MR) is 217 cm³/mol. The minimum absolute atomic E-state index is 0.674. The van der Waals surface area contributed by atoms with Gasteiger partial charge >= 0.3 is 0 Å². The Kier molecular flexibility index (Phi) is 6.39. The van der Waals surface area contributed by atoms with E-state index in [2.05, 4.69) is 133 Å². The van der Waals surface area contributed by atoms with Crippen molar-refractivity contribution in [3.63, 3.8) is 0 Å². The summed E-state index contributed by atoms with van der Waals surface area (Å²) in [5, 5.41) is 7.75. The van der Waals surface area contributed by atoms with Gasteiger partial charge in [-0.2, -0.15) is 0 Å². The summed E-state index contributed by atoms with van der Waals surface area (Å²) in [5.41, 5.74) is 9.26. The number of fused-ring (bicyclic) bond motifs is 10. The van der Waals surface area contributed by atoms with Crippen LogP contribution < -0.4 is 0 Å². The molecule has 0 bridgehead atoms. The summed E-state index contributed by atoms with van der Waals surface area (Å²) in [6, 6.07) is 57.0. The molecule has 5 heteroatoms. The molecule has 4 heterocycles. The number of thiophene rings is 1. The van der Waals surface area contributed by atoms with Gasteiger partial charge in [-0.25, -0.2) is 15.0 Å². The van der Waals surface area contributed by atoms with Gasteiger partial charge in [-0.3, -0.25) is 0 Å². The van der Waals surface area contributed by atoms with E-state index in [0.29, 0.717) is 5.82 Å². The summed E-state index contributed by atoms with van der Waals surface area (Å²) in [6.45, 7) is 0. The summed E-state index contributed by atoms with van der Waals surface area (Å²) in [6.07, 6.45) is 0. The topological polar surface area (TPSA) is 51.8 Å². The molecule has 0 unspecified atom stereocenters. The second-order valence-corrected chi connectivity index (χ2v) is 14.2. The molecule has 0 aliphatic carbocycles. The predicted octanol–water partition coefficient (Wildman–Crippen LogP) is 13.1. The van der Waals surface area contributed by atoms with Gasteiger partial charge in [0.05, 0.1) is 22.6 Å². The zero-order valence-electron chi connectivity index (χ0n) is 27.7. The van der Waals surface area contributed by atoms with E-state index >= 15 is 0 Å². The van der Waals surface area contributed by atoms with Crippen LogP contribution in [0, 0.1) is 0 Å². The second-order valence-electron chi connectivity index (χ2n) is 13.1.